The first-order valence-electron chi connectivity index (χ1n) is 4.84. The average Bonchev–Trinajstić information content (AvgIpc) is 2.27. The summed E-state index contributed by atoms with van der Waals surface area (Å²) in [6.07, 6.45) is 0. The lowest BCUT2D eigenvalue weighted by atomic mass is 10.1. The van der Waals surface area contributed by atoms with Crippen LogP contribution in [0.4, 0.5) is 0 Å². The van der Waals surface area contributed by atoms with Crippen LogP contribution in [-0.2, 0) is 11.3 Å². The molecule has 0 heterocycles. The van der Waals surface area contributed by atoms with Gasteiger partial charge in [0, 0.05) is 25.8 Å². The highest BCUT2D eigenvalue weighted by atomic mass is 16.5. The van der Waals surface area contributed by atoms with E-state index in [1.807, 2.05) is 18.2 Å². The minimum absolute atomic E-state index is 0.104. The van der Waals surface area contributed by atoms with Crippen molar-refractivity contribution in [1.82, 2.24) is 5.32 Å². The van der Waals surface area contributed by atoms with Gasteiger partial charge in [0.25, 0.3) is 5.91 Å². The van der Waals surface area contributed by atoms with Crippen molar-refractivity contribution in [2.24, 2.45) is 5.73 Å². The molecule has 0 saturated carbocycles. The summed E-state index contributed by atoms with van der Waals surface area (Å²) in [6.45, 7) is 1.37. The number of methoxy groups -OCH3 is 1. The van der Waals surface area contributed by atoms with Crippen molar-refractivity contribution < 1.29 is 9.53 Å². The summed E-state index contributed by atoms with van der Waals surface area (Å²) in [6, 6.07) is 7.37. The van der Waals surface area contributed by atoms with Gasteiger partial charge in [-0.1, -0.05) is 18.2 Å². The van der Waals surface area contributed by atoms with E-state index in [9.17, 15) is 4.79 Å². The summed E-state index contributed by atoms with van der Waals surface area (Å²) >= 11 is 0. The third kappa shape index (κ3) is 3.34. The predicted octanol–water partition coefficient (Wildman–Crippen LogP) is 0.522. The number of amides is 1. The van der Waals surface area contributed by atoms with E-state index in [2.05, 4.69) is 5.32 Å². The van der Waals surface area contributed by atoms with Crippen molar-refractivity contribution in [3.8, 4) is 0 Å². The Morgan fingerprint density at radius 3 is 2.87 bits per heavy atom. The van der Waals surface area contributed by atoms with Gasteiger partial charge in [-0.15, -0.1) is 0 Å². The molecule has 0 bridgehead atoms. The molecule has 0 spiro atoms. The second kappa shape index (κ2) is 6.16. The smallest absolute Gasteiger partial charge is 0.251 e. The predicted molar refractivity (Wildman–Crippen MR) is 58.5 cm³/mol. The number of nitrogens with one attached hydrogen (secondary N) is 1. The maximum atomic E-state index is 11.7. The molecular weight excluding hydrogens is 192 g/mol. The van der Waals surface area contributed by atoms with Gasteiger partial charge in [-0.2, -0.15) is 0 Å². The van der Waals surface area contributed by atoms with Crippen LogP contribution in [0.15, 0.2) is 24.3 Å². The van der Waals surface area contributed by atoms with E-state index in [-0.39, 0.29) is 5.91 Å². The van der Waals surface area contributed by atoms with E-state index >= 15 is 0 Å². The van der Waals surface area contributed by atoms with Gasteiger partial charge in [0.15, 0.2) is 0 Å². The fourth-order valence-corrected chi connectivity index (χ4v) is 1.30. The molecule has 0 atom stereocenters. The molecule has 1 aromatic rings. The van der Waals surface area contributed by atoms with E-state index in [4.69, 9.17) is 10.5 Å². The summed E-state index contributed by atoms with van der Waals surface area (Å²) in [5, 5.41) is 2.73. The van der Waals surface area contributed by atoms with Crippen molar-refractivity contribution >= 4 is 5.91 Å². The second-order valence-electron chi connectivity index (χ2n) is 3.13. The topological polar surface area (TPSA) is 64.3 Å². The first-order valence-corrected chi connectivity index (χ1v) is 4.84. The monoisotopic (exact) mass is 208 g/mol. The molecule has 0 aromatic heterocycles. The van der Waals surface area contributed by atoms with Gasteiger partial charge in [0.05, 0.1) is 6.61 Å². The van der Waals surface area contributed by atoms with E-state index in [0.29, 0.717) is 25.3 Å². The molecule has 0 aliphatic rings. The van der Waals surface area contributed by atoms with Gasteiger partial charge in [-0.05, 0) is 11.6 Å². The molecule has 0 unspecified atom stereocenters. The fourth-order valence-electron chi connectivity index (χ4n) is 1.30. The highest BCUT2D eigenvalue weighted by Gasteiger charge is 2.09. The molecule has 0 radical (unpaired) electrons. The highest BCUT2D eigenvalue weighted by Crippen LogP contribution is 2.09. The third-order valence-electron chi connectivity index (χ3n) is 1.99. The van der Waals surface area contributed by atoms with Crippen molar-refractivity contribution in [3.05, 3.63) is 35.4 Å². The molecule has 1 aromatic carbocycles. The molecule has 1 amide bonds. The third-order valence-corrected chi connectivity index (χ3v) is 1.99. The summed E-state index contributed by atoms with van der Waals surface area (Å²) in [4.78, 5) is 11.7. The molecule has 0 saturated heterocycles. The van der Waals surface area contributed by atoms with Crippen LogP contribution in [-0.4, -0.2) is 26.1 Å². The van der Waals surface area contributed by atoms with E-state index in [1.54, 1.807) is 13.2 Å². The standard InChI is InChI=1S/C11H16N2O2/c1-15-8-9-4-2-3-5-10(9)11(14)13-7-6-12/h2-5H,6-8,12H2,1H3,(H,13,14). The Morgan fingerprint density at radius 1 is 1.47 bits per heavy atom. The van der Waals surface area contributed by atoms with Crippen LogP contribution in [0.5, 0.6) is 0 Å². The zero-order valence-electron chi connectivity index (χ0n) is 8.82. The van der Waals surface area contributed by atoms with Gasteiger partial charge in [-0.25, -0.2) is 0 Å². The number of carbonyl (C=O) groups is 1. The van der Waals surface area contributed by atoms with Crippen LogP contribution in [0.2, 0.25) is 0 Å². The minimum Gasteiger partial charge on any atom is -0.380 e. The van der Waals surface area contributed by atoms with Crippen LogP contribution in [0.3, 0.4) is 0 Å². The number of hydrogen-bond acceptors (Lipinski definition) is 3. The quantitative estimate of drug-likeness (QED) is 0.741. The van der Waals surface area contributed by atoms with Crippen molar-refractivity contribution in [2.75, 3.05) is 20.2 Å². The Kier molecular flexibility index (Phi) is 4.80. The summed E-state index contributed by atoms with van der Waals surface area (Å²) in [5.74, 6) is -0.104. The van der Waals surface area contributed by atoms with E-state index in [0.717, 1.165) is 5.56 Å². The lowest BCUT2D eigenvalue weighted by molar-refractivity contribution is 0.0950. The molecule has 0 fully saturated rings. The lowest BCUT2D eigenvalue weighted by Gasteiger charge is -2.08. The van der Waals surface area contributed by atoms with Gasteiger partial charge >= 0.3 is 0 Å². The van der Waals surface area contributed by atoms with Gasteiger partial charge in [-0.3, -0.25) is 4.79 Å². The number of benzene rings is 1. The number of carbonyl (C=O) groups excluding carboxylic acids is 1. The maximum Gasteiger partial charge on any atom is 0.251 e. The first-order chi connectivity index (χ1) is 7.29. The molecule has 4 nitrogen and oxygen atoms in total. The second-order valence-corrected chi connectivity index (χ2v) is 3.13. The average molecular weight is 208 g/mol. The summed E-state index contributed by atoms with van der Waals surface area (Å²) in [7, 11) is 1.61. The largest absolute Gasteiger partial charge is 0.380 e. The molecule has 0 aliphatic carbocycles. The summed E-state index contributed by atoms with van der Waals surface area (Å²) < 4.78 is 5.02. The van der Waals surface area contributed by atoms with Gasteiger partial charge in [0.1, 0.15) is 0 Å². The highest BCUT2D eigenvalue weighted by molar-refractivity contribution is 5.95. The zero-order valence-corrected chi connectivity index (χ0v) is 8.82. The molecule has 1 rings (SSSR count). The molecular formula is C11H16N2O2. The SMILES string of the molecule is COCc1ccccc1C(=O)NCCN. The molecule has 0 aliphatic heterocycles. The Balaban J connectivity index is 2.77. The molecule has 82 valence electrons. The van der Waals surface area contributed by atoms with Crippen LogP contribution < -0.4 is 11.1 Å². The van der Waals surface area contributed by atoms with Crippen molar-refractivity contribution in [3.63, 3.8) is 0 Å². The van der Waals surface area contributed by atoms with Crippen LogP contribution >= 0.6 is 0 Å². The van der Waals surface area contributed by atoms with E-state index in [1.165, 1.54) is 0 Å². The Hall–Kier alpha value is -1.39. The lowest BCUT2D eigenvalue weighted by Crippen LogP contribution is -2.29. The number of rotatable bonds is 5. The minimum atomic E-state index is -0.104. The Bertz CT molecular complexity index is 326. The van der Waals surface area contributed by atoms with Gasteiger partial charge in [0.2, 0.25) is 0 Å². The van der Waals surface area contributed by atoms with E-state index < -0.39 is 0 Å². The number of hydrogen-bond donors (Lipinski definition) is 2. The molecule has 15 heavy (non-hydrogen) atoms. The van der Waals surface area contributed by atoms with Crippen LogP contribution in [0, 0.1) is 0 Å². The van der Waals surface area contributed by atoms with Crippen molar-refractivity contribution in [1.29, 1.82) is 0 Å². The molecule has 3 N–H and O–H groups in total. The first kappa shape index (κ1) is 11.7. The zero-order chi connectivity index (χ0) is 11.1. The van der Waals surface area contributed by atoms with Gasteiger partial charge < -0.3 is 15.8 Å². The summed E-state index contributed by atoms with van der Waals surface area (Å²) in [5.41, 5.74) is 6.84. The Labute approximate surface area is 89.4 Å². The Morgan fingerprint density at radius 2 is 2.20 bits per heavy atom. The normalized spacial score (nSPS) is 10.0. The number of ether oxygens (including phenoxy) is 1. The number of nitrogens with two attached hydrogens (primary N) is 1. The fraction of sp³-hybridized carbons (Fsp3) is 0.364. The van der Waals surface area contributed by atoms with Crippen LogP contribution in [0.25, 0.3) is 0 Å². The van der Waals surface area contributed by atoms with Crippen molar-refractivity contribution in [2.45, 2.75) is 6.61 Å². The molecule has 4 heteroatoms. The van der Waals surface area contributed by atoms with Crippen LogP contribution in [0.1, 0.15) is 15.9 Å². The maximum absolute atomic E-state index is 11.7.